The van der Waals surface area contributed by atoms with Gasteiger partial charge in [-0.05, 0) is 36.6 Å². The molecule has 1 aromatic rings. The van der Waals surface area contributed by atoms with E-state index < -0.39 is 11.9 Å². The molecule has 1 aromatic carbocycles. The van der Waals surface area contributed by atoms with E-state index in [1.54, 1.807) is 0 Å². The highest BCUT2D eigenvalue weighted by Crippen LogP contribution is 2.27. The molecule has 7 nitrogen and oxygen atoms in total. The molecule has 1 saturated heterocycles. The molecule has 0 saturated carbocycles. The summed E-state index contributed by atoms with van der Waals surface area (Å²) in [5.74, 6) is -2.62. The molecule has 1 heterocycles. The van der Waals surface area contributed by atoms with Crippen molar-refractivity contribution in [2.24, 2.45) is 0 Å². The van der Waals surface area contributed by atoms with Gasteiger partial charge in [0.15, 0.2) is 0 Å². The molecule has 0 amide bonds. The fraction of sp³-hybridized carbons (Fsp3) is 0.600. The van der Waals surface area contributed by atoms with E-state index in [1.807, 2.05) is 0 Å². The van der Waals surface area contributed by atoms with E-state index in [9.17, 15) is 0 Å². The fourth-order valence-electron chi connectivity index (χ4n) is 2.63. The summed E-state index contributed by atoms with van der Waals surface area (Å²) in [6.07, 6.45) is 0. The number of likely N-dealkylation sites (N-methyl/N-ethyl adjacent to an activating group) is 1. The monoisotopic (exact) mass is 380 g/mol. The van der Waals surface area contributed by atoms with Gasteiger partial charge in [-0.1, -0.05) is 32.9 Å². The van der Waals surface area contributed by atoms with Crippen molar-refractivity contribution < 1.29 is 24.5 Å². The van der Waals surface area contributed by atoms with Crippen LogP contribution in [0.25, 0.3) is 0 Å². The smallest absolute Gasteiger partial charge is 0.414 e. The molecule has 0 aromatic heterocycles. The summed E-state index contributed by atoms with van der Waals surface area (Å²) in [5, 5.41) is 14.8. The summed E-state index contributed by atoms with van der Waals surface area (Å²) in [4.78, 5) is 23.1. The number of hydrogen-bond donors (Lipinski definition) is 2. The molecule has 1 fully saturated rings. The lowest BCUT2D eigenvalue weighted by Gasteiger charge is -2.32. The third-order valence-electron chi connectivity index (χ3n) is 4.48. The van der Waals surface area contributed by atoms with Crippen molar-refractivity contribution >= 4 is 11.9 Å². The minimum Gasteiger partial charge on any atom is -0.492 e. The SMILES string of the molecule is Cc1cc(C(C)(C)C)ccc1OCCN1CCN(C)CC1.O=C(O)C(=O)O. The zero-order valence-electron chi connectivity index (χ0n) is 17.0. The average molecular weight is 380 g/mol. The molecule has 152 valence electrons. The molecule has 27 heavy (non-hydrogen) atoms. The molecule has 1 aliphatic heterocycles. The first-order chi connectivity index (χ1) is 12.5. The Hall–Kier alpha value is -2.12. The number of ether oxygens (including phenoxy) is 1. The van der Waals surface area contributed by atoms with Gasteiger partial charge in [-0.15, -0.1) is 0 Å². The molecule has 2 rings (SSSR count). The van der Waals surface area contributed by atoms with Gasteiger partial charge in [0.2, 0.25) is 0 Å². The standard InChI is InChI=1S/C18H30N2O.C2H2O4/c1-15-14-16(18(2,3)4)6-7-17(15)21-13-12-20-10-8-19(5)9-11-20;3-1(4)2(5)6/h6-7,14H,8-13H2,1-5H3;(H,3,4)(H,5,6). The van der Waals surface area contributed by atoms with Crippen LogP contribution < -0.4 is 4.74 Å². The largest absolute Gasteiger partial charge is 0.492 e. The molecule has 1 aliphatic rings. The maximum Gasteiger partial charge on any atom is 0.414 e. The molecule has 0 radical (unpaired) electrons. The molecular formula is C20H32N2O5. The summed E-state index contributed by atoms with van der Waals surface area (Å²) >= 11 is 0. The van der Waals surface area contributed by atoms with Crippen LogP contribution in [0, 0.1) is 6.92 Å². The number of benzene rings is 1. The quantitative estimate of drug-likeness (QED) is 0.773. The van der Waals surface area contributed by atoms with Crippen LogP contribution in [0.3, 0.4) is 0 Å². The van der Waals surface area contributed by atoms with Crippen LogP contribution in [0.5, 0.6) is 5.75 Å². The van der Waals surface area contributed by atoms with Gasteiger partial charge in [0.25, 0.3) is 0 Å². The second-order valence-electron chi connectivity index (χ2n) is 7.83. The maximum atomic E-state index is 9.10. The Morgan fingerprint density at radius 2 is 1.63 bits per heavy atom. The molecule has 0 aliphatic carbocycles. The first-order valence-corrected chi connectivity index (χ1v) is 9.11. The van der Waals surface area contributed by atoms with Gasteiger partial charge in [0.05, 0.1) is 0 Å². The van der Waals surface area contributed by atoms with E-state index in [1.165, 1.54) is 24.2 Å². The number of piperazine rings is 1. The number of carbonyl (C=O) groups is 2. The van der Waals surface area contributed by atoms with Gasteiger partial charge in [-0.2, -0.15) is 0 Å². The molecule has 7 heteroatoms. The third-order valence-corrected chi connectivity index (χ3v) is 4.48. The third kappa shape index (κ3) is 8.41. The minimum absolute atomic E-state index is 0.198. The topological polar surface area (TPSA) is 90.3 Å². The first-order valence-electron chi connectivity index (χ1n) is 9.11. The van der Waals surface area contributed by atoms with Crippen LogP contribution in [-0.2, 0) is 15.0 Å². The summed E-state index contributed by atoms with van der Waals surface area (Å²) in [5.41, 5.74) is 2.80. The Morgan fingerprint density at radius 3 is 2.07 bits per heavy atom. The van der Waals surface area contributed by atoms with Gasteiger partial charge in [0, 0.05) is 32.7 Å². The van der Waals surface area contributed by atoms with E-state index in [0.717, 1.165) is 32.0 Å². The van der Waals surface area contributed by atoms with Gasteiger partial charge >= 0.3 is 11.9 Å². The first kappa shape index (κ1) is 22.9. The van der Waals surface area contributed by atoms with Gasteiger partial charge in [-0.3, -0.25) is 4.90 Å². The zero-order chi connectivity index (χ0) is 20.6. The number of aryl methyl sites for hydroxylation is 1. The van der Waals surface area contributed by atoms with E-state index >= 15 is 0 Å². The Labute approximate surface area is 161 Å². The van der Waals surface area contributed by atoms with Crippen LogP contribution in [-0.4, -0.2) is 78.3 Å². The number of hydrogen-bond acceptors (Lipinski definition) is 5. The average Bonchev–Trinajstić information content (AvgIpc) is 2.57. The summed E-state index contributed by atoms with van der Waals surface area (Å²) in [7, 11) is 2.19. The Balaban J connectivity index is 0.000000527. The molecule has 2 N–H and O–H groups in total. The normalized spacial score (nSPS) is 15.6. The highest BCUT2D eigenvalue weighted by molar-refractivity contribution is 6.27. The van der Waals surface area contributed by atoms with Gasteiger partial charge in [-0.25, -0.2) is 9.59 Å². The number of carboxylic acids is 2. The Kier molecular flexibility index (Phi) is 8.72. The van der Waals surface area contributed by atoms with Crippen LogP contribution >= 0.6 is 0 Å². The lowest BCUT2D eigenvalue weighted by molar-refractivity contribution is -0.159. The molecular weight excluding hydrogens is 348 g/mol. The van der Waals surface area contributed by atoms with Crippen molar-refractivity contribution in [3.8, 4) is 5.75 Å². The Morgan fingerprint density at radius 1 is 1.07 bits per heavy atom. The van der Waals surface area contributed by atoms with Crippen molar-refractivity contribution in [1.29, 1.82) is 0 Å². The van der Waals surface area contributed by atoms with Crippen molar-refractivity contribution in [3.63, 3.8) is 0 Å². The summed E-state index contributed by atoms with van der Waals surface area (Å²) < 4.78 is 5.98. The minimum atomic E-state index is -1.82. The number of aliphatic carboxylic acids is 2. The maximum absolute atomic E-state index is 9.10. The van der Waals surface area contributed by atoms with E-state index in [2.05, 4.69) is 62.7 Å². The highest BCUT2D eigenvalue weighted by atomic mass is 16.5. The van der Waals surface area contributed by atoms with Gasteiger partial charge in [0.1, 0.15) is 12.4 Å². The van der Waals surface area contributed by atoms with Crippen molar-refractivity contribution in [2.75, 3.05) is 46.4 Å². The van der Waals surface area contributed by atoms with Crippen molar-refractivity contribution in [2.45, 2.75) is 33.1 Å². The molecule has 0 spiro atoms. The van der Waals surface area contributed by atoms with Crippen LogP contribution in [0.4, 0.5) is 0 Å². The molecule has 0 unspecified atom stereocenters. The Bertz CT molecular complexity index is 620. The second kappa shape index (κ2) is 10.3. The molecule has 0 atom stereocenters. The van der Waals surface area contributed by atoms with E-state index in [4.69, 9.17) is 24.5 Å². The van der Waals surface area contributed by atoms with Crippen LogP contribution in [0.1, 0.15) is 31.9 Å². The lowest BCUT2D eigenvalue weighted by Crippen LogP contribution is -2.45. The van der Waals surface area contributed by atoms with Gasteiger partial charge < -0.3 is 19.8 Å². The second-order valence-corrected chi connectivity index (χ2v) is 7.83. The summed E-state index contributed by atoms with van der Waals surface area (Å²) in [6.45, 7) is 15.3. The number of nitrogens with zero attached hydrogens (tertiary/aromatic N) is 2. The van der Waals surface area contributed by atoms with Crippen LogP contribution in [0.2, 0.25) is 0 Å². The van der Waals surface area contributed by atoms with E-state index in [-0.39, 0.29) is 5.41 Å². The number of carboxylic acid groups (broad SMARTS) is 2. The number of rotatable bonds is 4. The molecule has 0 bridgehead atoms. The predicted octanol–water partition coefficient (Wildman–Crippen LogP) is 2.07. The fourth-order valence-corrected chi connectivity index (χ4v) is 2.63. The highest BCUT2D eigenvalue weighted by Gasteiger charge is 2.16. The lowest BCUT2D eigenvalue weighted by atomic mass is 9.86. The van der Waals surface area contributed by atoms with Crippen molar-refractivity contribution in [1.82, 2.24) is 9.80 Å². The van der Waals surface area contributed by atoms with E-state index in [0.29, 0.717) is 0 Å². The zero-order valence-corrected chi connectivity index (χ0v) is 17.0. The van der Waals surface area contributed by atoms with Crippen LogP contribution in [0.15, 0.2) is 18.2 Å². The predicted molar refractivity (Wildman–Crippen MR) is 105 cm³/mol. The van der Waals surface area contributed by atoms with Crippen molar-refractivity contribution in [3.05, 3.63) is 29.3 Å². The summed E-state index contributed by atoms with van der Waals surface area (Å²) in [6, 6.07) is 6.57.